The van der Waals surface area contributed by atoms with E-state index in [1.165, 1.54) is 16.5 Å². The molecule has 15 heavy (non-hydrogen) atoms. The monoisotopic (exact) mass is 200 g/mol. The summed E-state index contributed by atoms with van der Waals surface area (Å²) in [4.78, 5) is 0. The van der Waals surface area contributed by atoms with Gasteiger partial charge in [-0.25, -0.2) is 0 Å². The SMILES string of the molecule is COc1c2c(c3ccccc3c1OC)C2. The van der Waals surface area contributed by atoms with Gasteiger partial charge in [-0.2, -0.15) is 0 Å². The summed E-state index contributed by atoms with van der Waals surface area (Å²) in [5.74, 6) is 1.77. The van der Waals surface area contributed by atoms with E-state index in [2.05, 4.69) is 18.2 Å². The van der Waals surface area contributed by atoms with Crippen molar-refractivity contribution in [3.05, 3.63) is 35.4 Å². The largest absolute Gasteiger partial charge is 0.493 e. The summed E-state index contributed by atoms with van der Waals surface area (Å²) in [5, 5.41) is 2.44. The van der Waals surface area contributed by atoms with E-state index >= 15 is 0 Å². The van der Waals surface area contributed by atoms with Crippen LogP contribution in [0.5, 0.6) is 11.5 Å². The molecule has 0 atom stereocenters. The minimum Gasteiger partial charge on any atom is -0.493 e. The van der Waals surface area contributed by atoms with Gasteiger partial charge in [-0.3, -0.25) is 0 Å². The standard InChI is InChI=1S/C13H12O2/c1-14-12-9-6-4-3-5-8(9)10-7-11(10)13(12)15-2/h3-6H,7H2,1-2H3. The lowest BCUT2D eigenvalue weighted by Crippen LogP contribution is -1.91. The predicted octanol–water partition coefficient (Wildman–Crippen LogP) is 2.76. The summed E-state index contributed by atoms with van der Waals surface area (Å²) < 4.78 is 10.8. The third kappa shape index (κ3) is 1.05. The van der Waals surface area contributed by atoms with Gasteiger partial charge in [0.15, 0.2) is 11.5 Å². The molecule has 0 aromatic heterocycles. The van der Waals surface area contributed by atoms with E-state index in [-0.39, 0.29) is 0 Å². The van der Waals surface area contributed by atoms with Crippen LogP contribution in [-0.2, 0) is 6.42 Å². The van der Waals surface area contributed by atoms with Gasteiger partial charge in [-0.05, 0) is 10.9 Å². The number of fused-ring (bicyclic) bond motifs is 3. The molecule has 0 spiro atoms. The fourth-order valence-electron chi connectivity index (χ4n) is 2.23. The Balaban J connectivity index is 2.44. The van der Waals surface area contributed by atoms with Crippen molar-refractivity contribution in [3.63, 3.8) is 0 Å². The highest BCUT2D eigenvalue weighted by Crippen LogP contribution is 2.49. The summed E-state index contributed by atoms with van der Waals surface area (Å²) >= 11 is 0. The van der Waals surface area contributed by atoms with Crippen LogP contribution in [0, 0.1) is 0 Å². The van der Waals surface area contributed by atoms with Crippen LogP contribution in [0.4, 0.5) is 0 Å². The third-order valence-corrected chi connectivity index (χ3v) is 2.98. The average Bonchev–Trinajstić information content (AvgIpc) is 3.07. The van der Waals surface area contributed by atoms with Crippen molar-refractivity contribution in [2.75, 3.05) is 14.2 Å². The van der Waals surface area contributed by atoms with Gasteiger partial charge in [0.2, 0.25) is 0 Å². The number of benzene rings is 2. The summed E-state index contributed by atoms with van der Waals surface area (Å²) in [5.41, 5.74) is 2.70. The maximum Gasteiger partial charge on any atom is 0.168 e. The summed E-state index contributed by atoms with van der Waals surface area (Å²) in [7, 11) is 3.39. The minimum atomic E-state index is 0.865. The number of ether oxygens (including phenoxy) is 2. The average molecular weight is 200 g/mol. The van der Waals surface area contributed by atoms with Gasteiger partial charge >= 0.3 is 0 Å². The highest BCUT2D eigenvalue weighted by molar-refractivity contribution is 5.98. The van der Waals surface area contributed by atoms with Gasteiger partial charge in [0.25, 0.3) is 0 Å². The lowest BCUT2D eigenvalue weighted by molar-refractivity contribution is 0.358. The van der Waals surface area contributed by atoms with Gasteiger partial charge in [-0.1, -0.05) is 24.3 Å². The van der Waals surface area contributed by atoms with Gasteiger partial charge in [-0.15, -0.1) is 0 Å². The molecule has 0 radical (unpaired) electrons. The molecule has 0 unspecified atom stereocenters. The number of hydrogen-bond acceptors (Lipinski definition) is 2. The molecular weight excluding hydrogens is 188 g/mol. The molecule has 0 fully saturated rings. The predicted molar refractivity (Wildman–Crippen MR) is 59.9 cm³/mol. The zero-order chi connectivity index (χ0) is 10.4. The lowest BCUT2D eigenvalue weighted by atomic mass is 10.1. The quantitative estimate of drug-likeness (QED) is 0.633. The Bertz CT molecular complexity index is 544. The number of rotatable bonds is 2. The Morgan fingerprint density at radius 2 is 1.53 bits per heavy atom. The summed E-state index contributed by atoms with van der Waals surface area (Å²) in [6.07, 6.45) is 1.03. The van der Waals surface area contributed by atoms with Gasteiger partial charge in [0.05, 0.1) is 14.2 Å². The maximum absolute atomic E-state index is 5.44. The van der Waals surface area contributed by atoms with Crippen LogP contribution in [0.25, 0.3) is 10.8 Å². The van der Waals surface area contributed by atoms with Crippen molar-refractivity contribution in [1.82, 2.24) is 0 Å². The van der Waals surface area contributed by atoms with Crippen molar-refractivity contribution in [2.24, 2.45) is 0 Å². The van der Waals surface area contributed by atoms with Crippen LogP contribution in [0.15, 0.2) is 24.3 Å². The molecule has 0 saturated heterocycles. The molecule has 1 aliphatic rings. The Hall–Kier alpha value is -1.70. The van der Waals surface area contributed by atoms with Crippen LogP contribution in [0.1, 0.15) is 11.1 Å². The first-order valence-electron chi connectivity index (χ1n) is 5.01. The molecule has 0 heterocycles. The van der Waals surface area contributed by atoms with Crippen molar-refractivity contribution < 1.29 is 9.47 Å². The lowest BCUT2D eigenvalue weighted by Gasteiger charge is -2.09. The van der Waals surface area contributed by atoms with Crippen molar-refractivity contribution in [2.45, 2.75) is 6.42 Å². The third-order valence-electron chi connectivity index (χ3n) is 2.98. The first-order chi connectivity index (χ1) is 7.36. The molecule has 76 valence electrons. The zero-order valence-corrected chi connectivity index (χ0v) is 8.83. The second-order valence-corrected chi connectivity index (χ2v) is 3.75. The molecular formula is C13H12O2. The van der Waals surface area contributed by atoms with Gasteiger partial charge in [0.1, 0.15) is 0 Å². The highest BCUT2D eigenvalue weighted by atomic mass is 16.5. The molecule has 0 amide bonds. The fraction of sp³-hybridized carbons (Fsp3) is 0.231. The van der Waals surface area contributed by atoms with E-state index < -0.39 is 0 Å². The van der Waals surface area contributed by atoms with E-state index in [1.807, 2.05) is 6.07 Å². The van der Waals surface area contributed by atoms with E-state index in [9.17, 15) is 0 Å². The zero-order valence-electron chi connectivity index (χ0n) is 8.83. The number of hydrogen-bond donors (Lipinski definition) is 0. The summed E-state index contributed by atoms with van der Waals surface area (Å²) in [6, 6.07) is 8.31. The normalized spacial score (nSPS) is 12.4. The topological polar surface area (TPSA) is 18.5 Å². The highest BCUT2D eigenvalue weighted by Gasteiger charge is 2.29. The van der Waals surface area contributed by atoms with Crippen LogP contribution in [0.2, 0.25) is 0 Å². The molecule has 3 rings (SSSR count). The maximum atomic E-state index is 5.44. The molecule has 2 aromatic rings. The molecule has 2 aromatic carbocycles. The van der Waals surface area contributed by atoms with E-state index in [0.717, 1.165) is 23.3 Å². The van der Waals surface area contributed by atoms with Crippen LogP contribution >= 0.6 is 0 Å². The van der Waals surface area contributed by atoms with Crippen molar-refractivity contribution in [1.29, 1.82) is 0 Å². The van der Waals surface area contributed by atoms with Crippen LogP contribution in [-0.4, -0.2) is 14.2 Å². The molecule has 2 nitrogen and oxygen atoms in total. The Labute approximate surface area is 88.4 Å². The fourth-order valence-corrected chi connectivity index (χ4v) is 2.23. The first kappa shape index (κ1) is 8.60. The molecule has 0 saturated carbocycles. The Morgan fingerprint density at radius 3 is 2.20 bits per heavy atom. The second kappa shape index (κ2) is 2.89. The molecule has 0 N–H and O–H groups in total. The summed E-state index contributed by atoms with van der Waals surface area (Å²) in [6.45, 7) is 0. The molecule has 0 bridgehead atoms. The van der Waals surface area contributed by atoms with Gasteiger partial charge in [0, 0.05) is 17.4 Å². The molecule has 2 heteroatoms. The first-order valence-corrected chi connectivity index (χ1v) is 5.01. The minimum absolute atomic E-state index is 0.865. The Morgan fingerprint density at radius 1 is 0.867 bits per heavy atom. The van der Waals surface area contributed by atoms with E-state index in [0.29, 0.717) is 0 Å². The smallest absolute Gasteiger partial charge is 0.168 e. The van der Waals surface area contributed by atoms with Crippen LogP contribution < -0.4 is 9.47 Å². The molecule has 0 aliphatic heterocycles. The van der Waals surface area contributed by atoms with Crippen molar-refractivity contribution in [3.8, 4) is 11.5 Å². The molecule has 1 aliphatic carbocycles. The van der Waals surface area contributed by atoms with E-state index in [4.69, 9.17) is 9.47 Å². The second-order valence-electron chi connectivity index (χ2n) is 3.75. The van der Waals surface area contributed by atoms with Crippen molar-refractivity contribution >= 4 is 10.8 Å². The van der Waals surface area contributed by atoms with Crippen LogP contribution in [0.3, 0.4) is 0 Å². The van der Waals surface area contributed by atoms with Gasteiger partial charge < -0.3 is 9.47 Å². The Kier molecular flexibility index (Phi) is 1.66. The van der Waals surface area contributed by atoms with E-state index in [1.54, 1.807) is 14.2 Å². The number of methoxy groups -OCH3 is 2.